The van der Waals surface area contributed by atoms with Crippen molar-refractivity contribution in [1.82, 2.24) is 5.32 Å². The van der Waals surface area contributed by atoms with Gasteiger partial charge in [-0.2, -0.15) is 0 Å². The van der Waals surface area contributed by atoms with Gasteiger partial charge in [0.2, 0.25) is 5.91 Å². The number of carbonyl (C=O) groups is 2. The molecule has 0 aliphatic heterocycles. The van der Waals surface area contributed by atoms with E-state index in [0.717, 1.165) is 12.8 Å². The summed E-state index contributed by atoms with van der Waals surface area (Å²) in [5.74, 6) is -0.763. The maximum atomic E-state index is 11.3. The number of carboxylic acid groups (broad SMARTS) is 1. The molecular formula is C13H25NO3. The van der Waals surface area contributed by atoms with Crippen molar-refractivity contribution < 1.29 is 14.7 Å². The van der Waals surface area contributed by atoms with Gasteiger partial charge in [-0.15, -0.1) is 0 Å². The SMILES string of the molecule is CCCCCCCCC(=O)NCCCC(=O)O. The summed E-state index contributed by atoms with van der Waals surface area (Å²) < 4.78 is 0. The van der Waals surface area contributed by atoms with Crippen molar-refractivity contribution in [2.24, 2.45) is 0 Å². The smallest absolute Gasteiger partial charge is 0.303 e. The van der Waals surface area contributed by atoms with E-state index >= 15 is 0 Å². The zero-order valence-electron chi connectivity index (χ0n) is 10.8. The Morgan fingerprint density at radius 2 is 1.59 bits per heavy atom. The molecule has 4 heteroatoms. The second-order valence-electron chi connectivity index (χ2n) is 4.37. The summed E-state index contributed by atoms with van der Waals surface area (Å²) in [5.41, 5.74) is 0. The minimum atomic E-state index is -0.810. The number of rotatable bonds is 11. The van der Waals surface area contributed by atoms with Gasteiger partial charge in [-0.05, 0) is 12.8 Å². The molecule has 4 nitrogen and oxygen atoms in total. The average Bonchev–Trinajstić information content (AvgIpc) is 2.29. The van der Waals surface area contributed by atoms with Gasteiger partial charge >= 0.3 is 5.97 Å². The van der Waals surface area contributed by atoms with Crippen molar-refractivity contribution in [3.05, 3.63) is 0 Å². The molecule has 0 rings (SSSR count). The number of carbonyl (C=O) groups excluding carboxylic acids is 1. The Kier molecular flexibility index (Phi) is 10.7. The molecule has 0 heterocycles. The Bertz CT molecular complexity index is 217. The van der Waals surface area contributed by atoms with Gasteiger partial charge in [-0.3, -0.25) is 9.59 Å². The molecule has 0 saturated carbocycles. The van der Waals surface area contributed by atoms with Gasteiger partial charge in [-0.25, -0.2) is 0 Å². The van der Waals surface area contributed by atoms with Crippen LogP contribution in [0.1, 0.15) is 64.7 Å². The van der Waals surface area contributed by atoms with E-state index in [2.05, 4.69) is 12.2 Å². The number of hydrogen-bond acceptors (Lipinski definition) is 2. The zero-order chi connectivity index (χ0) is 12.9. The number of amides is 1. The van der Waals surface area contributed by atoms with Crippen molar-refractivity contribution in [1.29, 1.82) is 0 Å². The minimum Gasteiger partial charge on any atom is -0.481 e. The predicted octanol–water partition coefficient (Wildman–Crippen LogP) is 2.72. The Balaban J connectivity index is 3.20. The van der Waals surface area contributed by atoms with Crippen molar-refractivity contribution in [3.8, 4) is 0 Å². The number of hydrogen-bond donors (Lipinski definition) is 2. The third-order valence-electron chi connectivity index (χ3n) is 2.65. The van der Waals surface area contributed by atoms with Crippen LogP contribution in [-0.2, 0) is 9.59 Å². The number of aliphatic carboxylic acids is 1. The molecular weight excluding hydrogens is 218 g/mol. The first-order valence-corrected chi connectivity index (χ1v) is 6.65. The summed E-state index contributed by atoms with van der Waals surface area (Å²) >= 11 is 0. The van der Waals surface area contributed by atoms with Crippen LogP contribution in [0.25, 0.3) is 0 Å². The van der Waals surface area contributed by atoms with E-state index in [9.17, 15) is 9.59 Å². The van der Waals surface area contributed by atoms with E-state index < -0.39 is 5.97 Å². The monoisotopic (exact) mass is 243 g/mol. The van der Waals surface area contributed by atoms with E-state index in [1.54, 1.807) is 0 Å². The Morgan fingerprint density at radius 1 is 0.941 bits per heavy atom. The largest absolute Gasteiger partial charge is 0.481 e. The predicted molar refractivity (Wildman–Crippen MR) is 67.9 cm³/mol. The van der Waals surface area contributed by atoms with E-state index in [-0.39, 0.29) is 12.3 Å². The Hall–Kier alpha value is -1.06. The fourth-order valence-electron chi connectivity index (χ4n) is 1.62. The molecule has 0 bridgehead atoms. The molecule has 100 valence electrons. The fraction of sp³-hybridized carbons (Fsp3) is 0.846. The average molecular weight is 243 g/mol. The molecule has 0 aliphatic rings. The Labute approximate surface area is 104 Å². The molecule has 0 aromatic heterocycles. The number of nitrogens with one attached hydrogen (secondary N) is 1. The van der Waals surface area contributed by atoms with Crippen molar-refractivity contribution in [3.63, 3.8) is 0 Å². The standard InChI is InChI=1S/C13H25NO3/c1-2-3-4-5-6-7-9-12(15)14-11-8-10-13(16)17/h2-11H2,1H3,(H,14,15)(H,16,17). The molecule has 0 aromatic rings. The van der Waals surface area contributed by atoms with E-state index in [4.69, 9.17) is 5.11 Å². The first-order chi connectivity index (χ1) is 8.16. The second kappa shape index (κ2) is 11.4. The van der Waals surface area contributed by atoms with Gasteiger partial charge in [0.05, 0.1) is 0 Å². The van der Waals surface area contributed by atoms with E-state index in [1.807, 2.05) is 0 Å². The third-order valence-corrected chi connectivity index (χ3v) is 2.65. The normalized spacial score (nSPS) is 10.2. The highest BCUT2D eigenvalue weighted by Gasteiger charge is 2.01. The number of unbranched alkanes of at least 4 members (excludes halogenated alkanes) is 5. The molecule has 2 N–H and O–H groups in total. The lowest BCUT2D eigenvalue weighted by Crippen LogP contribution is -2.24. The third kappa shape index (κ3) is 12.9. The molecule has 17 heavy (non-hydrogen) atoms. The highest BCUT2D eigenvalue weighted by Crippen LogP contribution is 2.06. The molecule has 0 fully saturated rings. The van der Waals surface area contributed by atoms with E-state index in [1.165, 1.54) is 25.7 Å². The second-order valence-corrected chi connectivity index (χ2v) is 4.37. The molecule has 0 radical (unpaired) electrons. The lowest BCUT2D eigenvalue weighted by molar-refractivity contribution is -0.137. The van der Waals surface area contributed by atoms with Crippen molar-refractivity contribution >= 4 is 11.9 Å². The molecule has 0 saturated heterocycles. The summed E-state index contributed by atoms with van der Waals surface area (Å²) in [4.78, 5) is 21.5. The van der Waals surface area contributed by atoms with Gasteiger partial charge in [0.1, 0.15) is 0 Å². The highest BCUT2D eigenvalue weighted by atomic mass is 16.4. The lowest BCUT2D eigenvalue weighted by Gasteiger charge is -2.04. The molecule has 0 aromatic carbocycles. The Morgan fingerprint density at radius 3 is 2.24 bits per heavy atom. The molecule has 0 aliphatic carbocycles. The van der Waals surface area contributed by atoms with Gasteiger partial charge < -0.3 is 10.4 Å². The maximum Gasteiger partial charge on any atom is 0.303 e. The van der Waals surface area contributed by atoms with Crippen LogP contribution in [0.15, 0.2) is 0 Å². The maximum absolute atomic E-state index is 11.3. The fourth-order valence-corrected chi connectivity index (χ4v) is 1.62. The number of carboxylic acids is 1. The molecule has 1 amide bonds. The first-order valence-electron chi connectivity index (χ1n) is 6.65. The summed E-state index contributed by atoms with van der Waals surface area (Å²) in [5, 5.41) is 11.1. The quantitative estimate of drug-likeness (QED) is 0.548. The van der Waals surface area contributed by atoms with Crippen LogP contribution in [0, 0.1) is 0 Å². The summed E-state index contributed by atoms with van der Waals surface area (Å²) in [6.07, 6.45) is 8.24. The highest BCUT2D eigenvalue weighted by molar-refractivity contribution is 5.75. The van der Waals surface area contributed by atoms with Crippen LogP contribution < -0.4 is 5.32 Å². The summed E-state index contributed by atoms with van der Waals surface area (Å²) in [7, 11) is 0. The van der Waals surface area contributed by atoms with Crippen LogP contribution in [-0.4, -0.2) is 23.5 Å². The van der Waals surface area contributed by atoms with Crippen molar-refractivity contribution in [2.45, 2.75) is 64.7 Å². The lowest BCUT2D eigenvalue weighted by atomic mass is 10.1. The van der Waals surface area contributed by atoms with Crippen LogP contribution in [0.4, 0.5) is 0 Å². The van der Waals surface area contributed by atoms with Gasteiger partial charge in [0.15, 0.2) is 0 Å². The van der Waals surface area contributed by atoms with Crippen LogP contribution >= 0.6 is 0 Å². The minimum absolute atomic E-state index is 0.0471. The first kappa shape index (κ1) is 15.9. The summed E-state index contributed by atoms with van der Waals surface area (Å²) in [6, 6.07) is 0. The molecule has 0 spiro atoms. The van der Waals surface area contributed by atoms with E-state index in [0.29, 0.717) is 19.4 Å². The van der Waals surface area contributed by atoms with Crippen molar-refractivity contribution in [2.75, 3.05) is 6.54 Å². The van der Waals surface area contributed by atoms with Crippen LogP contribution in [0.2, 0.25) is 0 Å². The zero-order valence-corrected chi connectivity index (χ0v) is 10.8. The summed E-state index contributed by atoms with van der Waals surface area (Å²) in [6.45, 7) is 2.66. The van der Waals surface area contributed by atoms with Gasteiger partial charge in [0.25, 0.3) is 0 Å². The molecule has 0 atom stereocenters. The topological polar surface area (TPSA) is 66.4 Å². The molecule has 0 unspecified atom stereocenters. The van der Waals surface area contributed by atoms with Gasteiger partial charge in [0, 0.05) is 19.4 Å². The van der Waals surface area contributed by atoms with Crippen LogP contribution in [0.5, 0.6) is 0 Å². The van der Waals surface area contributed by atoms with Crippen LogP contribution in [0.3, 0.4) is 0 Å². The van der Waals surface area contributed by atoms with Gasteiger partial charge in [-0.1, -0.05) is 39.0 Å².